The summed E-state index contributed by atoms with van der Waals surface area (Å²) in [5, 5.41) is 2.21. The molecule has 0 saturated carbocycles. The Balaban J connectivity index is 2.17. The van der Waals surface area contributed by atoms with Gasteiger partial charge in [0.25, 0.3) is 5.91 Å². The zero-order valence-electron chi connectivity index (χ0n) is 11.0. The summed E-state index contributed by atoms with van der Waals surface area (Å²) in [6.45, 7) is 3.03. The number of amides is 3. The van der Waals surface area contributed by atoms with Gasteiger partial charge in [-0.3, -0.25) is 19.7 Å². The highest BCUT2D eigenvalue weighted by molar-refractivity contribution is 9.10. The fourth-order valence-corrected chi connectivity index (χ4v) is 2.12. The quantitative estimate of drug-likeness (QED) is 0.650. The Morgan fingerprint density at radius 1 is 1.45 bits per heavy atom. The van der Waals surface area contributed by atoms with Gasteiger partial charge in [0.15, 0.2) is 4.67 Å². The molecule has 1 N–H and O–H groups in total. The molecule has 7 heteroatoms. The molecule has 1 aromatic heterocycles. The topological polar surface area (TPSA) is 79.6 Å². The number of hydrogen-bond acceptors (Lipinski definition) is 4. The summed E-state index contributed by atoms with van der Waals surface area (Å²) in [4.78, 5) is 36.5. The summed E-state index contributed by atoms with van der Waals surface area (Å²) in [5.41, 5.74) is -1.07. The van der Waals surface area contributed by atoms with Gasteiger partial charge in [0.1, 0.15) is 17.8 Å². The molecule has 2 heterocycles. The molecule has 0 unspecified atom stereocenters. The van der Waals surface area contributed by atoms with Crippen molar-refractivity contribution in [3.8, 4) is 0 Å². The highest BCUT2D eigenvalue weighted by atomic mass is 79.9. The van der Waals surface area contributed by atoms with Crippen LogP contribution < -0.4 is 5.32 Å². The van der Waals surface area contributed by atoms with E-state index in [9.17, 15) is 14.4 Å². The molecule has 0 bridgehead atoms. The number of imide groups is 1. The maximum absolute atomic E-state index is 12.1. The van der Waals surface area contributed by atoms with E-state index in [0.717, 1.165) is 0 Å². The van der Waals surface area contributed by atoms with Crippen LogP contribution >= 0.6 is 15.9 Å². The van der Waals surface area contributed by atoms with Gasteiger partial charge < -0.3 is 9.32 Å². The molecule has 2 rings (SSSR count). The van der Waals surface area contributed by atoms with Crippen LogP contribution in [0.25, 0.3) is 6.08 Å². The maximum Gasteiger partial charge on any atom is 0.252 e. The van der Waals surface area contributed by atoms with Gasteiger partial charge in [-0.25, -0.2) is 0 Å². The molecule has 6 nitrogen and oxygen atoms in total. The fourth-order valence-electron chi connectivity index (χ4n) is 1.80. The van der Waals surface area contributed by atoms with Crippen molar-refractivity contribution < 1.29 is 18.8 Å². The first-order valence-corrected chi connectivity index (χ1v) is 6.69. The second kappa shape index (κ2) is 5.24. The number of furan rings is 1. The van der Waals surface area contributed by atoms with Crippen LogP contribution in [0.1, 0.15) is 19.6 Å². The standard InChI is InChI=1S/C13H13BrN2O4/c1-13(2)12(19)15-10(17)7-16(13)11(18)6-4-8-3-5-9(14)20-8/h3-6H,7H2,1-2H3,(H,15,17,19). The fraction of sp³-hybridized carbons (Fsp3) is 0.308. The second-order valence-corrected chi connectivity index (χ2v) is 5.62. The molecule has 1 aliphatic heterocycles. The van der Waals surface area contributed by atoms with E-state index in [1.807, 2.05) is 0 Å². The smallest absolute Gasteiger partial charge is 0.252 e. The first-order chi connectivity index (χ1) is 9.30. The van der Waals surface area contributed by atoms with Gasteiger partial charge >= 0.3 is 0 Å². The number of carbonyl (C=O) groups excluding carboxylic acids is 3. The molecule has 0 aromatic carbocycles. The van der Waals surface area contributed by atoms with Crippen LogP contribution in [0.15, 0.2) is 27.3 Å². The van der Waals surface area contributed by atoms with Crippen LogP contribution in [0.5, 0.6) is 0 Å². The van der Waals surface area contributed by atoms with Crippen LogP contribution in [0, 0.1) is 0 Å². The van der Waals surface area contributed by atoms with Crippen molar-refractivity contribution >= 4 is 39.7 Å². The zero-order chi connectivity index (χ0) is 14.9. The monoisotopic (exact) mass is 340 g/mol. The van der Waals surface area contributed by atoms with Crippen LogP contribution in [-0.2, 0) is 14.4 Å². The SMILES string of the molecule is CC1(C)C(=O)NC(=O)CN1C(=O)C=Cc1ccc(Br)o1. The van der Waals surface area contributed by atoms with E-state index in [-0.39, 0.29) is 6.54 Å². The number of piperazine rings is 1. The van der Waals surface area contributed by atoms with Crippen molar-refractivity contribution in [2.75, 3.05) is 6.54 Å². The number of halogens is 1. The van der Waals surface area contributed by atoms with Crippen molar-refractivity contribution in [1.82, 2.24) is 10.2 Å². The van der Waals surface area contributed by atoms with Gasteiger partial charge in [-0.15, -0.1) is 0 Å². The van der Waals surface area contributed by atoms with E-state index in [1.54, 1.807) is 26.0 Å². The third-order valence-corrected chi connectivity index (χ3v) is 3.46. The highest BCUT2D eigenvalue weighted by Crippen LogP contribution is 2.20. The Labute approximate surface area is 123 Å². The molecule has 20 heavy (non-hydrogen) atoms. The highest BCUT2D eigenvalue weighted by Gasteiger charge is 2.42. The van der Waals surface area contributed by atoms with E-state index >= 15 is 0 Å². The maximum atomic E-state index is 12.1. The zero-order valence-corrected chi connectivity index (χ0v) is 12.6. The van der Waals surface area contributed by atoms with E-state index < -0.39 is 23.3 Å². The normalized spacial score (nSPS) is 18.4. The van der Waals surface area contributed by atoms with Gasteiger partial charge in [-0.2, -0.15) is 0 Å². The molecule has 0 aliphatic carbocycles. The molecule has 0 radical (unpaired) electrons. The third-order valence-electron chi connectivity index (χ3n) is 3.04. The molecule has 3 amide bonds. The largest absolute Gasteiger partial charge is 0.450 e. The number of nitrogens with one attached hydrogen (secondary N) is 1. The number of hydrogen-bond donors (Lipinski definition) is 1. The van der Waals surface area contributed by atoms with Crippen molar-refractivity contribution in [2.24, 2.45) is 0 Å². The van der Waals surface area contributed by atoms with Gasteiger partial charge in [-0.1, -0.05) is 0 Å². The second-order valence-electron chi connectivity index (χ2n) is 4.84. The van der Waals surface area contributed by atoms with E-state index in [4.69, 9.17) is 4.42 Å². The van der Waals surface area contributed by atoms with Crippen molar-refractivity contribution in [3.05, 3.63) is 28.6 Å². The Hall–Kier alpha value is -1.89. The Morgan fingerprint density at radius 2 is 2.15 bits per heavy atom. The van der Waals surface area contributed by atoms with Crippen LogP contribution in [-0.4, -0.2) is 34.7 Å². The lowest BCUT2D eigenvalue weighted by Crippen LogP contribution is -2.65. The average molecular weight is 341 g/mol. The lowest BCUT2D eigenvalue weighted by Gasteiger charge is -2.39. The van der Waals surface area contributed by atoms with Crippen molar-refractivity contribution in [3.63, 3.8) is 0 Å². The number of rotatable bonds is 2. The Kier molecular flexibility index (Phi) is 3.80. The molecule has 106 valence electrons. The van der Waals surface area contributed by atoms with Gasteiger partial charge in [-0.05, 0) is 48.0 Å². The predicted molar refractivity (Wildman–Crippen MR) is 74.4 cm³/mol. The molecular weight excluding hydrogens is 328 g/mol. The molecule has 1 fully saturated rings. The van der Waals surface area contributed by atoms with E-state index in [2.05, 4.69) is 21.2 Å². The summed E-state index contributed by atoms with van der Waals surface area (Å²) in [6.07, 6.45) is 2.76. The van der Waals surface area contributed by atoms with E-state index in [0.29, 0.717) is 10.4 Å². The lowest BCUT2D eigenvalue weighted by atomic mass is 9.98. The summed E-state index contributed by atoms with van der Waals surface area (Å²) < 4.78 is 5.78. The first-order valence-electron chi connectivity index (χ1n) is 5.90. The number of nitrogens with zero attached hydrogens (tertiary/aromatic N) is 1. The molecule has 1 saturated heterocycles. The van der Waals surface area contributed by atoms with Crippen LogP contribution in [0.3, 0.4) is 0 Å². The summed E-state index contributed by atoms with van der Waals surface area (Å²) in [6, 6.07) is 3.39. The minimum Gasteiger partial charge on any atom is -0.450 e. The van der Waals surface area contributed by atoms with Gasteiger partial charge in [0.2, 0.25) is 11.8 Å². The molecular formula is C13H13BrN2O4. The molecule has 0 spiro atoms. The Morgan fingerprint density at radius 3 is 2.75 bits per heavy atom. The Bertz CT molecular complexity index is 603. The molecule has 1 aliphatic rings. The van der Waals surface area contributed by atoms with Gasteiger partial charge in [0.05, 0.1) is 0 Å². The lowest BCUT2D eigenvalue weighted by molar-refractivity contribution is -0.153. The average Bonchev–Trinajstić information content (AvgIpc) is 2.77. The minimum absolute atomic E-state index is 0.149. The summed E-state index contributed by atoms with van der Waals surface area (Å²) in [7, 11) is 0. The summed E-state index contributed by atoms with van der Waals surface area (Å²) in [5.74, 6) is -0.908. The summed E-state index contributed by atoms with van der Waals surface area (Å²) >= 11 is 3.16. The minimum atomic E-state index is -1.07. The number of carbonyl (C=O) groups is 3. The van der Waals surface area contributed by atoms with Crippen molar-refractivity contribution in [2.45, 2.75) is 19.4 Å². The van der Waals surface area contributed by atoms with Crippen molar-refractivity contribution in [1.29, 1.82) is 0 Å². The molecule has 0 atom stereocenters. The molecule has 1 aromatic rings. The first kappa shape index (κ1) is 14.5. The van der Waals surface area contributed by atoms with Crippen LogP contribution in [0.4, 0.5) is 0 Å². The van der Waals surface area contributed by atoms with Crippen LogP contribution in [0.2, 0.25) is 0 Å². The van der Waals surface area contributed by atoms with Gasteiger partial charge in [0, 0.05) is 6.08 Å². The third kappa shape index (κ3) is 2.82. The van der Waals surface area contributed by atoms with E-state index in [1.165, 1.54) is 17.1 Å². The predicted octanol–water partition coefficient (Wildman–Crippen LogP) is 1.32.